The summed E-state index contributed by atoms with van der Waals surface area (Å²) in [4.78, 5) is 2.28. The van der Waals surface area contributed by atoms with E-state index in [1.807, 2.05) is 6.07 Å². The molecule has 0 unspecified atom stereocenters. The second kappa shape index (κ2) is 4.54. The number of hydrogen-bond donors (Lipinski definition) is 1. The molecule has 0 atom stereocenters. The number of nitrogens with one attached hydrogen (secondary N) is 1. The van der Waals surface area contributed by atoms with Crippen LogP contribution in [0.15, 0.2) is 24.3 Å². The van der Waals surface area contributed by atoms with Crippen molar-refractivity contribution in [2.75, 3.05) is 24.5 Å². The van der Waals surface area contributed by atoms with Crippen molar-refractivity contribution in [2.45, 2.75) is 33.2 Å². The van der Waals surface area contributed by atoms with Gasteiger partial charge < -0.3 is 10.2 Å². The largest absolute Gasteiger partial charge is 0.369 e. The molecular formula is C15H23FN2. The SMILES string of the molecule is CC1(C)CNC(C)(C)CN(c2cccc(F)c2)C1. The van der Waals surface area contributed by atoms with Gasteiger partial charge in [0.05, 0.1) is 0 Å². The van der Waals surface area contributed by atoms with Gasteiger partial charge >= 0.3 is 0 Å². The van der Waals surface area contributed by atoms with E-state index in [2.05, 4.69) is 37.9 Å². The van der Waals surface area contributed by atoms with Gasteiger partial charge in [-0.25, -0.2) is 4.39 Å². The molecule has 0 amide bonds. The summed E-state index contributed by atoms with van der Waals surface area (Å²) >= 11 is 0. The maximum Gasteiger partial charge on any atom is 0.125 e. The average Bonchev–Trinajstić information content (AvgIpc) is 2.36. The molecule has 0 aromatic heterocycles. The van der Waals surface area contributed by atoms with E-state index in [0.29, 0.717) is 0 Å². The van der Waals surface area contributed by atoms with Crippen LogP contribution in [0.2, 0.25) is 0 Å². The highest BCUT2D eigenvalue weighted by molar-refractivity contribution is 5.47. The first kappa shape index (κ1) is 13.3. The van der Waals surface area contributed by atoms with E-state index in [9.17, 15) is 4.39 Å². The van der Waals surface area contributed by atoms with Gasteiger partial charge in [-0.3, -0.25) is 0 Å². The zero-order valence-corrected chi connectivity index (χ0v) is 11.8. The Morgan fingerprint density at radius 2 is 1.89 bits per heavy atom. The van der Waals surface area contributed by atoms with E-state index in [1.165, 1.54) is 6.07 Å². The predicted molar refractivity (Wildman–Crippen MR) is 74.5 cm³/mol. The van der Waals surface area contributed by atoms with Gasteiger partial charge in [-0.2, -0.15) is 0 Å². The molecule has 1 N–H and O–H groups in total. The molecule has 0 saturated carbocycles. The monoisotopic (exact) mass is 250 g/mol. The summed E-state index contributed by atoms with van der Waals surface area (Å²) in [6.07, 6.45) is 0. The minimum atomic E-state index is -0.166. The van der Waals surface area contributed by atoms with Crippen LogP contribution < -0.4 is 10.2 Å². The Labute approximate surface area is 109 Å². The molecule has 1 aromatic rings. The Balaban J connectivity index is 2.29. The summed E-state index contributed by atoms with van der Waals surface area (Å²) in [5.41, 5.74) is 1.19. The lowest BCUT2D eigenvalue weighted by atomic mass is 9.93. The first-order valence-corrected chi connectivity index (χ1v) is 6.53. The molecule has 1 aliphatic heterocycles. The molecule has 2 nitrogen and oxygen atoms in total. The molecule has 0 radical (unpaired) electrons. The van der Waals surface area contributed by atoms with Crippen LogP contribution >= 0.6 is 0 Å². The van der Waals surface area contributed by atoms with E-state index in [0.717, 1.165) is 25.3 Å². The molecule has 3 heteroatoms. The van der Waals surface area contributed by atoms with Gasteiger partial charge in [-0.15, -0.1) is 0 Å². The molecule has 1 heterocycles. The fraction of sp³-hybridized carbons (Fsp3) is 0.600. The van der Waals surface area contributed by atoms with Crippen molar-refractivity contribution in [1.82, 2.24) is 5.32 Å². The lowest BCUT2D eigenvalue weighted by molar-refractivity contribution is 0.332. The van der Waals surface area contributed by atoms with Crippen LogP contribution in [0.1, 0.15) is 27.7 Å². The second-order valence-electron chi connectivity index (χ2n) is 6.74. The zero-order valence-electron chi connectivity index (χ0n) is 11.8. The number of anilines is 1. The van der Waals surface area contributed by atoms with Crippen LogP contribution in [0.3, 0.4) is 0 Å². The molecule has 1 aromatic carbocycles. The Kier molecular flexibility index (Phi) is 3.37. The summed E-state index contributed by atoms with van der Waals surface area (Å²) in [6, 6.07) is 6.89. The second-order valence-corrected chi connectivity index (χ2v) is 6.74. The van der Waals surface area contributed by atoms with Crippen molar-refractivity contribution < 1.29 is 4.39 Å². The smallest absolute Gasteiger partial charge is 0.125 e. The molecule has 1 fully saturated rings. The van der Waals surface area contributed by atoms with Crippen LogP contribution in [-0.4, -0.2) is 25.2 Å². The number of hydrogen-bond acceptors (Lipinski definition) is 2. The minimum Gasteiger partial charge on any atom is -0.369 e. The Morgan fingerprint density at radius 1 is 1.17 bits per heavy atom. The average molecular weight is 250 g/mol. The molecule has 100 valence electrons. The normalized spacial score (nSPS) is 22.6. The Morgan fingerprint density at radius 3 is 2.56 bits per heavy atom. The van der Waals surface area contributed by atoms with Gasteiger partial charge in [0.15, 0.2) is 0 Å². The van der Waals surface area contributed by atoms with Gasteiger partial charge in [0, 0.05) is 30.9 Å². The first-order valence-electron chi connectivity index (χ1n) is 6.53. The fourth-order valence-electron chi connectivity index (χ4n) is 2.50. The third-order valence-electron chi connectivity index (χ3n) is 3.42. The van der Waals surface area contributed by atoms with E-state index in [-0.39, 0.29) is 16.8 Å². The van der Waals surface area contributed by atoms with Gasteiger partial charge in [-0.05, 0) is 37.5 Å². The predicted octanol–water partition coefficient (Wildman–Crippen LogP) is 3.04. The number of halogens is 1. The highest BCUT2D eigenvalue weighted by Gasteiger charge is 2.32. The van der Waals surface area contributed by atoms with Crippen LogP contribution in [-0.2, 0) is 0 Å². The van der Waals surface area contributed by atoms with E-state index in [1.54, 1.807) is 12.1 Å². The standard InChI is InChI=1S/C15H23FN2/c1-14(2)9-17-15(3,4)11-18(10-14)13-7-5-6-12(16)8-13/h5-8,17H,9-11H2,1-4H3. The van der Waals surface area contributed by atoms with Crippen molar-refractivity contribution in [1.29, 1.82) is 0 Å². The third-order valence-corrected chi connectivity index (χ3v) is 3.42. The highest BCUT2D eigenvalue weighted by Crippen LogP contribution is 2.27. The molecular weight excluding hydrogens is 227 g/mol. The number of rotatable bonds is 1. The zero-order chi connectivity index (χ0) is 13.4. The van der Waals surface area contributed by atoms with E-state index in [4.69, 9.17) is 0 Å². The molecule has 1 aliphatic rings. The van der Waals surface area contributed by atoms with E-state index < -0.39 is 0 Å². The van der Waals surface area contributed by atoms with Crippen LogP contribution in [0.4, 0.5) is 10.1 Å². The van der Waals surface area contributed by atoms with Crippen molar-refractivity contribution in [3.8, 4) is 0 Å². The number of benzene rings is 1. The summed E-state index contributed by atoms with van der Waals surface area (Å²) in [6.45, 7) is 11.7. The maximum atomic E-state index is 13.4. The van der Waals surface area contributed by atoms with Crippen molar-refractivity contribution in [3.05, 3.63) is 30.1 Å². The van der Waals surface area contributed by atoms with Crippen molar-refractivity contribution in [3.63, 3.8) is 0 Å². The minimum absolute atomic E-state index is 0.0418. The molecule has 18 heavy (non-hydrogen) atoms. The molecule has 1 saturated heterocycles. The Bertz CT molecular complexity index is 408. The molecule has 0 aliphatic carbocycles. The molecule has 0 spiro atoms. The summed E-state index contributed by atoms with van der Waals surface area (Å²) in [5.74, 6) is -0.166. The topological polar surface area (TPSA) is 15.3 Å². The maximum absolute atomic E-state index is 13.4. The third kappa shape index (κ3) is 3.22. The van der Waals surface area contributed by atoms with Gasteiger partial charge in [0.2, 0.25) is 0 Å². The summed E-state index contributed by atoms with van der Waals surface area (Å²) in [5, 5.41) is 3.59. The summed E-state index contributed by atoms with van der Waals surface area (Å²) < 4.78 is 13.4. The quantitative estimate of drug-likeness (QED) is 0.824. The molecule has 0 bridgehead atoms. The highest BCUT2D eigenvalue weighted by atomic mass is 19.1. The lowest BCUT2D eigenvalue weighted by Gasteiger charge is -2.32. The number of nitrogens with zero attached hydrogens (tertiary/aromatic N) is 1. The van der Waals surface area contributed by atoms with Crippen LogP contribution in [0.25, 0.3) is 0 Å². The molecule has 2 rings (SSSR count). The summed E-state index contributed by atoms with van der Waals surface area (Å²) in [7, 11) is 0. The van der Waals surface area contributed by atoms with Crippen molar-refractivity contribution >= 4 is 5.69 Å². The van der Waals surface area contributed by atoms with E-state index >= 15 is 0 Å². The lowest BCUT2D eigenvalue weighted by Crippen LogP contribution is -2.46. The van der Waals surface area contributed by atoms with Gasteiger partial charge in [0.1, 0.15) is 5.82 Å². The first-order chi connectivity index (χ1) is 8.27. The Hall–Kier alpha value is -1.09. The van der Waals surface area contributed by atoms with Gasteiger partial charge in [0.25, 0.3) is 0 Å². The van der Waals surface area contributed by atoms with Crippen LogP contribution in [0.5, 0.6) is 0 Å². The fourth-order valence-corrected chi connectivity index (χ4v) is 2.50. The van der Waals surface area contributed by atoms with Crippen molar-refractivity contribution in [2.24, 2.45) is 5.41 Å². The van der Waals surface area contributed by atoms with Crippen LogP contribution in [0, 0.1) is 11.2 Å². The van der Waals surface area contributed by atoms with Gasteiger partial charge in [-0.1, -0.05) is 19.9 Å².